The SMILES string of the molecule is CCN(CCCO)S(=O)(=O)c1cc(C)cc(N)c1. The molecule has 0 radical (unpaired) electrons. The van der Waals surface area contributed by atoms with Crippen molar-refractivity contribution in [3.05, 3.63) is 23.8 Å². The van der Waals surface area contributed by atoms with E-state index in [1.807, 2.05) is 0 Å². The first-order chi connectivity index (χ1) is 8.41. The number of anilines is 1. The molecule has 0 saturated heterocycles. The van der Waals surface area contributed by atoms with Gasteiger partial charge < -0.3 is 10.8 Å². The van der Waals surface area contributed by atoms with Gasteiger partial charge in [0.15, 0.2) is 0 Å². The van der Waals surface area contributed by atoms with E-state index in [1.165, 1.54) is 10.4 Å². The Morgan fingerprint density at radius 2 is 2.00 bits per heavy atom. The number of nitrogen functional groups attached to an aromatic ring is 1. The summed E-state index contributed by atoms with van der Waals surface area (Å²) in [6.07, 6.45) is 0.425. The number of hydrogen-bond acceptors (Lipinski definition) is 4. The number of rotatable bonds is 6. The molecule has 0 aliphatic carbocycles. The number of sulfonamides is 1. The van der Waals surface area contributed by atoms with Crippen LogP contribution in [0.5, 0.6) is 0 Å². The fourth-order valence-corrected chi connectivity index (χ4v) is 3.40. The molecule has 18 heavy (non-hydrogen) atoms. The van der Waals surface area contributed by atoms with Crippen molar-refractivity contribution >= 4 is 15.7 Å². The predicted molar refractivity (Wildman–Crippen MR) is 71.7 cm³/mol. The summed E-state index contributed by atoms with van der Waals surface area (Å²) in [6, 6.07) is 4.79. The molecule has 0 aromatic heterocycles. The van der Waals surface area contributed by atoms with Gasteiger partial charge in [-0.25, -0.2) is 8.42 Å². The fourth-order valence-electron chi connectivity index (χ4n) is 1.77. The highest BCUT2D eigenvalue weighted by Gasteiger charge is 2.22. The van der Waals surface area contributed by atoms with Crippen LogP contribution in [0.15, 0.2) is 23.1 Å². The minimum absolute atomic E-state index is 0.0258. The van der Waals surface area contributed by atoms with Gasteiger partial charge in [0.25, 0.3) is 0 Å². The monoisotopic (exact) mass is 272 g/mol. The third-order valence-electron chi connectivity index (χ3n) is 2.63. The fraction of sp³-hybridized carbons (Fsp3) is 0.500. The Balaban J connectivity index is 3.10. The van der Waals surface area contributed by atoms with E-state index >= 15 is 0 Å². The minimum atomic E-state index is -3.53. The normalized spacial score (nSPS) is 12.0. The number of hydrogen-bond donors (Lipinski definition) is 2. The Morgan fingerprint density at radius 1 is 1.33 bits per heavy atom. The first-order valence-electron chi connectivity index (χ1n) is 5.90. The summed E-state index contributed by atoms with van der Waals surface area (Å²) < 4.78 is 26.1. The topological polar surface area (TPSA) is 83.6 Å². The molecule has 1 aromatic rings. The van der Waals surface area contributed by atoms with Crippen LogP contribution in [0.3, 0.4) is 0 Å². The zero-order chi connectivity index (χ0) is 13.8. The third-order valence-corrected chi connectivity index (χ3v) is 4.58. The van der Waals surface area contributed by atoms with Gasteiger partial charge in [-0.1, -0.05) is 6.92 Å². The molecule has 0 amide bonds. The molecule has 1 rings (SSSR count). The summed E-state index contributed by atoms with van der Waals surface area (Å²) in [5.74, 6) is 0. The molecule has 0 spiro atoms. The second kappa shape index (κ2) is 6.17. The van der Waals surface area contributed by atoms with E-state index in [9.17, 15) is 8.42 Å². The lowest BCUT2D eigenvalue weighted by Gasteiger charge is -2.20. The average Bonchev–Trinajstić information content (AvgIpc) is 2.28. The van der Waals surface area contributed by atoms with Crippen molar-refractivity contribution in [3.8, 4) is 0 Å². The van der Waals surface area contributed by atoms with Gasteiger partial charge in [-0.3, -0.25) is 0 Å². The molecular weight excluding hydrogens is 252 g/mol. The van der Waals surface area contributed by atoms with Crippen LogP contribution in [0.25, 0.3) is 0 Å². The van der Waals surface area contributed by atoms with Crippen molar-refractivity contribution in [2.24, 2.45) is 0 Å². The minimum Gasteiger partial charge on any atom is -0.399 e. The lowest BCUT2D eigenvalue weighted by molar-refractivity contribution is 0.271. The standard InChI is InChI=1S/C12H20N2O3S/c1-3-14(5-4-6-15)18(16,17)12-8-10(2)7-11(13)9-12/h7-9,15H,3-6,13H2,1-2H3. The molecular formula is C12H20N2O3S. The summed E-state index contributed by atoms with van der Waals surface area (Å²) in [4.78, 5) is 0.208. The van der Waals surface area contributed by atoms with Gasteiger partial charge in [-0.05, 0) is 37.1 Å². The van der Waals surface area contributed by atoms with E-state index in [-0.39, 0.29) is 11.5 Å². The zero-order valence-corrected chi connectivity index (χ0v) is 11.6. The Morgan fingerprint density at radius 3 is 2.50 bits per heavy atom. The van der Waals surface area contributed by atoms with Gasteiger partial charge in [-0.15, -0.1) is 0 Å². The van der Waals surface area contributed by atoms with Crippen LogP contribution in [-0.4, -0.2) is 37.5 Å². The molecule has 0 aliphatic rings. The lowest BCUT2D eigenvalue weighted by Crippen LogP contribution is -2.32. The number of nitrogens with two attached hydrogens (primary N) is 1. The van der Waals surface area contributed by atoms with Crippen LogP contribution in [0.1, 0.15) is 18.9 Å². The molecule has 0 atom stereocenters. The summed E-state index contributed by atoms with van der Waals surface area (Å²) in [6.45, 7) is 4.23. The molecule has 6 heteroatoms. The Bertz CT molecular complexity index is 480. The molecule has 102 valence electrons. The van der Waals surface area contributed by atoms with Crippen LogP contribution < -0.4 is 5.73 Å². The summed E-state index contributed by atoms with van der Waals surface area (Å²) in [5, 5.41) is 8.79. The molecule has 0 heterocycles. The molecule has 0 aliphatic heterocycles. The molecule has 0 bridgehead atoms. The molecule has 0 unspecified atom stereocenters. The zero-order valence-electron chi connectivity index (χ0n) is 10.8. The largest absolute Gasteiger partial charge is 0.399 e. The van der Waals surface area contributed by atoms with E-state index in [4.69, 9.17) is 10.8 Å². The molecule has 0 fully saturated rings. The number of aliphatic hydroxyl groups is 1. The lowest BCUT2D eigenvalue weighted by atomic mass is 10.2. The second-order valence-electron chi connectivity index (χ2n) is 4.15. The Kier molecular flexibility index (Phi) is 5.13. The first kappa shape index (κ1) is 14.9. The molecule has 5 nitrogen and oxygen atoms in total. The van der Waals surface area contributed by atoms with Crippen molar-refractivity contribution in [2.75, 3.05) is 25.4 Å². The van der Waals surface area contributed by atoms with Crippen LogP contribution in [0.4, 0.5) is 5.69 Å². The summed E-state index contributed by atoms with van der Waals surface area (Å²) >= 11 is 0. The number of aryl methyl sites for hydroxylation is 1. The highest BCUT2D eigenvalue weighted by atomic mass is 32.2. The van der Waals surface area contributed by atoms with Crippen molar-refractivity contribution in [1.82, 2.24) is 4.31 Å². The van der Waals surface area contributed by atoms with Crippen molar-refractivity contribution < 1.29 is 13.5 Å². The maximum absolute atomic E-state index is 12.4. The summed E-state index contributed by atoms with van der Waals surface area (Å²) in [5.41, 5.74) is 6.92. The highest BCUT2D eigenvalue weighted by Crippen LogP contribution is 2.20. The molecule has 0 saturated carbocycles. The number of aliphatic hydroxyl groups excluding tert-OH is 1. The van der Waals surface area contributed by atoms with Gasteiger partial charge >= 0.3 is 0 Å². The van der Waals surface area contributed by atoms with Gasteiger partial charge in [0.05, 0.1) is 4.90 Å². The molecule has 1 aromatic carbocycles. The van der Waals surface area contributed by atoms with Crippen LogP contribution in [0, 0.1) is 6.92 Å². The maximum atomic E-state index is 12.4. The van der Waals surface area contributed by atoms with E-state index in [1.54, 1.807) is 26.0 Å². The van der Waals surface area contributed by atoms with Crippen LogP contribution in [0.2, 0.25) is 0 Å². The van der Waals surface area contributed by atoms with Gasteiger partial charge in [0.1, 0.15) is 0 Å². The molecule has 3 N–H and O–H groups in total. The smallest absolute Gasteiger partial charge is 0.243 e. The van der Waals surface area contributed by atoms with Gasteiger partial charge in [0, 0.05) is 25.4 Å². The van der Waals surface area contributed by atoms with E-state index < -0.39 is 10.0 Å². The van der Waals surface area contributed by atoms with Crippen molar-refractivity contribution in [1.29, 1.82) is 0 Å². The average molecular weight is 272 g/mol. The first-order valence-corrected chi connectivity index (χ1v) is 7.34. The highest BCUT2D eigenvalue weighted by molar-refractivity contribution is 7.89. The number of nitrogens with zero attached hydrogens (tertiary/aromatic N) is 1. The van der Waals surface area contributed by atoms with Crippen molar-refractivity contribution in [2.45, 2.75) is 25.2 Å². The Labute approximate surface area is 108 Å². The quantitative estimate of drug-likeness (QED) is 0.756. The number of benzene rings is 1. The summed E-state index contributed by atoms with van der Waals surface area (Å²) in [7, 11) is -3.53. The van der Waals surface area contributed by atoms with E-state index in [0.29, 0.717) is 25.2 Å². The van der Waals surface area contributed by atoms with Crippen molar-refractivity contribution in [3.63, 3.8) is 0 Å². The van der Waals surface area contributed by atoms with Gasteiger partial charge in [-0.2, -0.15) is 4.31 Å². The van der Waals surface area contributed by atoms with Crippen LogP contribution >= 0.6 is 0 Å². The Hall–Kier alpha value is -1.11. The predicted octanol–water partition coefficient (Wildman–Crippen LogP) is 0.970. The maximum Gasteiger partial charge on any atom is 0.243 e. The third kappa shape index (κ3) is 3.44. The van der Waals surface area contributed by atoms with E-state index in [2.05, 4.69) is 0 Å². The second-order valence-corrected chi connectivity index (χ2v) is 6.09. The van der Waals surface area contributed by atoms with E-state index in [0.717, 1.165) is 5.56 Å². The van der Waals surface area contributed by atoms with Crippen LogP contribution in [-0.2, 0) is 10.0 Å². The van der Waals surface area contributed by atoms with Gasteiger partial charge in [0.2, 0.25) is 10.0 Å².